The molecule has 2 heterocycles. The fourth-order valence-corrected chi connectivity index (χ4v) is 4.62. The molecule has 0 bridgehead atoms. The number of anilines is 1. The van der Waals surface area contributed by atoms with Gasteiger partial charge >= 0.3 is 0 Å². The number of imide groups is 1. The van der Waals surface area contributed by atoms with E-state index in [1.54, 1.807) is 12.1 Å². The van der Waals surface area contributed by atoms with Crippen molar-refractivity contribution in [2.45, 2.75) is 32.7 Å². The van der Waals surface area contributed by atoms with Gasteiger partial charge in [-0.2, -0.15) is 0 Å². The van der Waals surface area contributed by atoms with Gasteiger partial charge in [-0.25, -0.2) is 4.39 Å². The van der Waals surface area contributed by atoms with Crippen molar-refractivity contribution in [2.24, 2.45) is 0 Å². The second-order valence-electron chi connectivity index (χ2n) is 8.50. The topological polar surface area (TPSA) is 62.3 Å². The van der Waals surface area contributed by atoms with Crippen molar-refractivity contribution in [3.05, 3.63) is 53.8 Å². The van der Waals surface area contributed by atoms with E-state index in [9.17, 15) is 14.0 Å². The van der Waals surface area contributed by atoms with Gasteiger partial charge in [0.05, 0.1) is 25.7 Å². The van der Waals surface area contributed by atoms with Crippen LogP contribution in [0.4, 0.5) is 10.1 Å². The molecule has 34 heavy (non-hydrogen) atoms. The number of carbonyl (C=O) groups is 2. The van der Waals surface area contributed by atoms with Crippen molar-refractivity contribution in [3.63, 3.8) is 0 Å². The molecule has 7 nitrogen and oxygen atoms in total. The number of rotatable bonds is 9. The molecule has 8 heteroatoms. The number of amides is 2. The van der Waals surface area contributed by atoms with E-state index in [0.717, 1.165) is 24.3 Å². The Balaban J connectivity index is 1.33. The molecular formula is C26H32FN3O4. The first-order valence-electron chi connectivity index (χ1n) is 12.0. The van der Waals surface area contributed by atoms with Gasteiger partial charge in [0.25, 0.3) is 0 Å². The van der Waals surface area contributed by atoms with Crippen LogP contribution in [0.2, 0.25) is 0 Å². The van der Waals surface area contributed by atoms with E-state index in [2.05, 4.69) is 9.80 Å². The van der Waals surface area contributed by atoms with E-state index in [0.29, 0.717) is 50.8 Å². The van der Waals surface area contributed by atoms with Crippen LogP contribution >= 0.6 is 0 Å². The van der Waals surface area contributed by atoms with Crippen LogP contribution in [-0.4, -0.2) is 73.6 Å². The minimum Gasteiger partial charge on any atom is -0.490 e. The third kappa shape index (κ3) is 5.33. The molecule has 2 amide bonds. The lowest BCUT2D eigenvalue weighted by Crippen LogP contribution is -2.52. The summed E-state index contributed by atoms with van der Waals surface area (Å²) in [6.45, 7) is 8.11. The number of hydrogen-bond donors (Lipinski definition) is 0. The third-order valence-corrected chi connectivity index (χ3v) is 6.40. The van der Waals surface area contributed by atoms with Crippen LogP contribution in [0.15, 0.2) is 42.5 Å². The molecule has 2 aliphatic heterocycles. The average molecular weight is 470 g/mol. The molecule has 0 aromatic heterocycles. The van der Waals surface area contributed by atoms with E-state index < -0.39 is 6.04 Å². The van der Waals surface area contributed by atoms with E-state index >= 15 is 0 Å². The van der Waals surface area contributed by atoms with Crippen molar-refractivity contribution in [1.29, 1.82) is 0 Å². The number of nitrogens with zero attached hydrogens (tertiary/aromatic N) is 3. The van der Waals surface area contributed by atoms with Crippen LogP contribution in [0.3, 0.4) is 0 Å². The number of benzene rings is 2. The smallest absolute Gasteiger partial charge is 0.247 e. The molecule has 1 atom stereocenters. The number of piperazine rings is 1. The summed E-state index contributed by atoms with van der Waals surface area (Å²) in [6.07, 6.45) is 0.790. The quantitative estimate of drug-likeness (QED) is 0.526. The molecular weight excluding hydrogens is 437 g/mol. The van der Waals surface area contributed by atoms with Crippen LogP contribution in [-0.2, 0) is 16.0 Å². The lowest BCUT2D eigenvalue weighted by Gasteiger charge is -2.38. The summed E-state index contributed by atoms with van der Waals surface area (Å²) in [6, 6.07) is 11.8. The summed E-state index contributed by atoms with van der Waals surface area (Å²) in [5.41, 5.74) is 1.96. The molecule has 182 valence electrons. The number of halogens is 1. The van der Waals surface area contributed by atoms with Gasteiger partial charge < -0.3 is 14.4 Å². The first kappa shape index (κ1) is 24.0. The van der Waals surface area contributed by atoms with Crippen LogP contribution < -0.4 is 14.4 Å². The van der Waals surface area contributed by atoms with Gasteiger partial charge in [0.1, 0.15) is 5.82 Å². The molecule has 2 aromatic carbocycles. The highest BCUT2D eigenvalue weighted by Gasteiger charge is 2.42. The Morgan fingerprint density at radius 2 is 1.59 bits per heavy atom. The Morgan fingerprint density at radius 3 is 2.26 bits per heavy atom. The zero-order valence-electron chi connectivity index (χ0n) is 19.8. The maximum Gasteiger partial charge on any atom is 0.247 e. The molecule has 2 aromatic rings. The van der Waals surface area contributed by atoms with E-state index in [1.807, 2.05) is 32.0 Å². The largest absolute Gasteiger partial charge is 0.490 e. The second kappa shape index (κ2) is 10.9. The van der Waals surface area contributed by atoms with Crippen LogP contribution in [0.5, 0.6) is 11.5 Å². The highest BCUT2D eigenvalue weighted by molar-refractivity contribution is 6.05. The lowest BCUT2D eigenvalue weighted by atomic mass is 10.1. The Kier molecular flexibility index (Phi) is 7.67. The molecule has 0 spiro atoms. The van der Waals surface area contributed by atoms with Crippen molar-refractivity contribution in [2.75, 3.05) is 50.8 Å². The first-order valence-corrected chi connectivity index (χ1v) is 12.0. The van der Waals surface area contributed by atoms with E-state index in [1.165, 1.54) is 17.0 Å². The maximum absolute atomic E-state index is 13.2. The third-order valence-electron chi connectivity index (χ3n) is 6.40. The highest BCUT2D eigenvalue weighted by Crippen LogP contribution is 2.29. The SMILES string of the molecule is CCOc1ccc(CCN2C(=O)CC(N3CCN(c4ccc(F)cc4)CC3)C2=O)cc1OCC. The van der Waals surface area contributed by atoms with Crippen molar-refractivity contribution >= 4 is 17.5 Å². The number of hydrogen-bond acceptors (Lipinski definition) is 6. The van der Waals surface area contributed by atoms with E-state index in [-0.39, 0.29) is 24.1 Å². The summed E-state index contributed by atoms with van der Waals surface area (Å²) < 4.78 is 24.5. The summed E-state index contributed by atoms with van der Waals surface area (Å²) in [5, 5.41) is 0. The number of ether oxygens (including phenoxy) is 2. The van der Waals surface area contributed by atoms with Crippen molar-refractivity contribution in [1.82, 2.24) is 9.80 Å². The van der Waals surface area contributed by atoms with Gasteiger partial charge in [-0.1, -0.05) is 6.07 Å². The summed E-state index contributed by atoms with van der Waals surface area (Å²) in [7, 11) is 0. The van der Waals surface area contributed by atoms with Gasteiger partial charge in [0.15, 0.2) is 11.5 Å². The average Bonchev–Trinajstić information content (AvgIpc) is 3.13. The van der Waals surface area contributed by atoms with Crippen molar-refractivity contribution < 1.29 is 23.5 Å². The van der Waals surface area contributed by atoms with Gasteiger partial charge in [-0.05, 0) is 62.2 Å². The molecule has 0 radical (unpaired) electrons. The monoisotopic (exact) mass is 469 g/mol. The Hall–Kier alpha value is -3.13. The molecule has 2 fully saturated rings. The molecule has 2 aliphatic rings. The summed E-state index contributed by atoms with van der Waals surface area (Å²) in [4.78, 5) is 31.4. The molecule has 0 N–H and O–H groups in total. The summed E-state index contributed by atoms with van der Waals surface area (Å²) >= 11 is 0. The standard InChI is InChI=1S/C26H32FN3O4/c1-3-33-23-10-5-19(17-24(23)34-4-2)11-12-30-25(31)18-22(26(30)32)29-15-13-28(14-16-29)21-8-6-20(27)7-9-21/h5-10,17,22H,3-4,11-16,18H2,1-2H3. The van der Waals surface area contributed by atoms with Crippen LogP contribution in [0.25, 0.3) is 0 Å². The molecule has 2 saturated heterocycles. The highest BCUT2D eigenvalue weighted by atomic mass is 19.1. The first-order chi connectivity index (χ1) is 16.5. The molecule has 0 saturated carbocycles. The fraction of sp³-hybridized carbons (Fsp3) is 0.462. The minimum atomic E-state index is -0.401. The summed E-state index contributed by atoms with van der Waals surface area (Å²) in [5.74, 6) is 0.888. The Bertz CT molecular complexity index is 1010. The van der Waals surface area contributed by atoms with Crippen LogP contribution in [0, 0.1) is 5.82 Å². The zero-order valence-corrected chi connectivity index (χ0v) is 19.8. The van der Waals surface area contributed by atoms with Crippen molar-refractivity contribution in [3.8, 4) is 11.5 Å². The van der Waals surface area contributed by atoms with E-state index in [4.69, 9.17) is 9.47 Å². The van der Waals surface area contributed by atoms with Gasteiger partial charge in [0.2, 0.25) is 11.8 Å². The Morgan fingerprint density at radius 1 is 0.912 bits per heavy atom. The lowest BCUT2D eigenvalue weighted by molar-refractivity contribution is -0.139. The molecule has 1 unspecified atom stereocenters. The van der Waals surface area contributed by atoms with Gasteiger partial charge in [-0.3, -0.25) is 19.4 Å². The van der Waals surface area contributed by atoms with Crippen LogP contribution in [0.1, 0.15) is 25.8 Å². The van der Waals surface area contributed by atoms with Gasteiger partial charge in [-0.15, -0.1) is 0 Å². The fourth-order valence-electron chi connectivity index (χ4n) is 4.62. The predicted molar refractivity (Wildman–Crippen MR) is 128 cm³/mol. The van der Waals surface area contributed by atoms with Gasteiger partial charge in [0, 0.05) is 38.4 Å². The number of carbonyl (C=O) groups excluding carboxylic acids is 2. The Labute approximate surface area is 200 Å². The maximum atomic E-state index is 13.2. The second-order valence-corrected chi connectivity index (χ2v) is 8.50. The minimum absolute atomic E-state index is 0.115. The zero-order chi connectivity index (χ0) is 24.1. The predicted octanol–water partition coefficient (Wildman–Crippen LogP) is 3.12. The normalized spacial score (nSPS) is 19.1. The molecule has 4 rings (SSSR count). The molecule has 0 aliphatic carbocycles. The number of likely N-dealkylation sites (tertiary alicyclic amines) is 1.